The second-order valence-electron chi connectivity index (χ2n) is 4.76. The molecule has 0 heterocycles. The number of nitrogens with one attached hydrogen (secondary N) is 1. The molecule has 100 valence electrons. The Morgan fingerprint density at radius 3 is 2.50 bits per heavy atom. The number of benzene rings is 1. The van der Waals surface area contributed by atoms with Crippen LogP contribution in [-0.2, 0) is 4.74 Å². The van der Waals surface area contributed by atoms with Gasteiger partial charge in [-0.1, -0.05) is 19.1 Å². The van der Waals surface area contributed by atoms with Crippen molar-refractivity contribution in [1.29, 1.82) is 0 Å². The summed E-state index contributed by atoms with van der Waals surface area (Å²) in [7, 11) is 1.69. The third-order valence-electron chi connectivity index (χ3n) is 3.48. The molecule has 3 nitrogen and oxygen atoms in total. The fourth-order valence-corrected chi connectivity index (χ4v) is 2.08. The Balaban J connectivity index is 2.00. The SMILES string of the molecule is CCNCC(OC1CCC1)c1ccc(OC)cc1. The van der Waals surface area contributed by atoms with Crippen molar-refractivity contribution in [2.24, 2.45) is 0 Å². The summed E-state index contributed by atoms with van der Waals surface area (Å²) in [5.74, 6) is 0.893. The summed E-state index contributed by atoms with van der Waals surface area (Å²) in [5, 5.41) is 3.37. The van der Waals surface area contributed by atoms with E-state index in [9.17, 15) is 0 Å². The normalized spacial score (nSPS) is 17.2. The van der Waals surface area contributed by atoms with Gasteiger partial charge in [0.15, 0.2) is 0 Å². The molecule has 1 aromatic carbocycles. The first-order valence-electron chi connectivity index (χ1n) is 6.83. The maximum Gasteiger partial charge on any atom is 0.118 e. The van der Waals surface area contributed by atoms with E-state index in [1.54, 1.807) is 7.11 Å². The van der Waals surface area contributed by atoms with Crippen LogP contribution in [0.1, 0.15) is 37.9 Å². The van der Waals surface area contributed by atoms with E-state index in [4.69, 9.17) is 9.47 Å². The molecule has 18 heavy (non-hydrogen) atoms. The van der Waals surface area contributed by atoms with Crippen LogP contribution in [0.3, 0.4) is 0 Å². The van der Waals surface area contributed by atoms with Crippen LogP contribution < -0.4 is 10.1 Å². The van der Waals surface area contributed by atoms with Crippen molar-refractivity contribution in [1.82, 2.24) is 5.32 Å². The summed E-state index contributed by atoms with van der Waals surface area (Å²) in [5.41, 5.74) is 1.23. The third kappa shape index (κ3) is 3.47. The lowest BCUT2D eigenvalue weighted by atomic mass is 9.95. The van der Waals surface area contributed by atoms with Gasteiger partial charge >= 0.3 is 0 Å². The number of likely N-dealkylation sites (N-methyl/N-ethyl adjacent to an activating group) is 1. The molecule has 1 aliphatic carbocycles. The van der Waals surface area contributed by atoms with E-state index in [1.165, 1.54) is 24.8 Å². The molecule has 0 amide bonds. The molecule has 2 rings (SSSR count). The molecular weight excluding hydrogens is 226 g/mol. The Hall–Kier alpha value is -1.06. The van der Waals surface area contributed by atoms with Crippen molar-refractivity contribution in [2.45, 2.75) is 38.4 Å². The minimum Gasteiger partial charge on any atom is -0.497 e. The monoisotopic (exact) mass is 249 g/mol. The molecule has 1 fully saturated rings. The number of ether oxygens (including phenoxy) is 2. The van der Waals surface area contributed by atoms with E-state index in [0.29, 0.717) is 6.10 Å². The molecule has 0 aliphatic heterocycles. The van der Waals surface area contributed by atoms with Crippen LogP contribution >= 0.6 is 0 Å². The van der Waals surface area contributed by atoms with Gasteiger partial charge in [-0.15, -0.1) is 0 Å². The second-order valence-corrected chi connectivity index (χ2v) is 4.76. The molecule has 0 radical (unpaired) electrons. The Morgan fingerprint density at radius 1 is 1.28 bits per heavy atom. The highest BCUT2D eigenvalue weighted by Gasteiger charge is 2.23. The van der Waals surface area contributed by atoms with E-state index in [2.05, 4.69) is 24.4 Å². The van der Waals surface area contributed by atoms with Crippen molar-refractivity contribution in [3.63, 3.8) is 0 Å². The van der Waals surface area contributed by atoms with Crippen LogP contribution in [0.15, 0.2) is 24.3 Å². The highest BCUT2D eigenvalue weighted by atomic mass is 16.5. The zero-order valence-electron chi connectivity index (χ0n) is 11.3. The van der Waals surface area contributed by atoms with Crippen molar-refractivity contribution in [2.75, 3.05) is 20.2 Å². The lowest BCUT2D eigenvalue weighted by molar-refractivity contribution is -0.0517. The number of hydrogen-bond acceptors (Lipinski definition) is 3. The van der Waals surface area contributed by atoms with Crippen LogP contribution in [0.4, 0.5) is 0 Å². The molecule has 3 heteroatoms. The van der Waals surface area contributed by atoms with Gasteiger partial charge in [-0.05, 0) is 43.5 Å². The van der Waals surface area contributed by atoms with Gasteiger partial charge in [0.1, 0.15) is 5.75 Å². The number of hydrogen-bond donors (Lipinski definition) is 1. The fraction of sp³-hybridized carbons (Fsp3) is 0.600. The Labute approximate surface area is 109 Å². The Bertz CT molecular complexity index is 346. The van der Waals surface area contributed by atoms with E-state index >= 15 is 0 Å². The van der Waals surface area contributed by atoms with Gasteiger partial charge in [0.05, 0.1) is 19.3 Å². The molecule has 0 aromatic heterocycles. The third-order valence-corrected chi connectivity index (χ3v) is 3.48. The molecule has 1 unspecified atom stereocenters. The predicted octanol–water partition coefficient (Wildman–Crippen LogP) is 2.91. The van der Waals surface area contributed by atoms with Crippen LogP contribution in [0.2, 0.25) is 0 Å². The van der Waals surface area contributed by atoms with Crippen LogP contribution in [-0.4, -0.2) is 26.3 Å². The van der Waals surface area contributed by atoms with Gasteiger partial charge in [-0.2, -0.15) is 0 Å². The first-order chi connectivity index (χ1) is 8.83. The van der Waals surface area contributed by atoms with Gasteiger partial charge in [0.25, 0.3) is 0 Å². The van der Waals surface area contributed by atoms with Gasteiger partial charge in [-0.3, -0.25) is 0 Å². The highest BCUT2D eigenvalue weighted by Crippen LogP contribution is 2.29. The average Bonchev–Trinajstić information content (AvgIpc) is 2.37. The lowest BCUT2D eigenvalue weighted by Crippen LogP contribution is -2.30. The molecule has 0 saturated heterocycles. The zero-order valence-corrected chi connectivity index (χ0v) is 11.3. The Morgan fingerprint density at radius 2 is 2.00 bits per heavy atom. The number of methoxy groups -OCH3 is 1. The largest absolute Gasteiger partial charge is 0.497 e. The summed E-state index contributed by atoms with van der Waals surface area (Å²) in [6, 6.07) is 8.19. The van der Waals surface area contributed by atoms with E-state index < -0.39 is 0 Å². The molecule has 1 aliphatic rings. The summed E-state index contributed by atoms with van der Waals surface area (Å²) in [6.07, 6.45) is 4.33. The van der Waals surface area contributed by atoms with E-state index in [0.717, 1.165) is 18.8 Å². The summed E-state index contributed by atoms with van der Waals surface area (Å²) < 4.78 is 11.3. The molecular formula is C15H23NO2. The average molecular weight is 249 g/mol. The standard InChI is InChI=1S/C15H23NO2/c1-3-16-11-15(18-14-5-4-6-14)12-7-9-13(17-2)10-8-12/h7-10,14-16H,3-6,11H2,1-2H3. The van der Waals surface area contributed by atoms with E-state index in [-0.39, 0.29) is 6.10 Å². The minimum atomic E-state index is 0.154. The summed E-state index contributed by atoms with van der Waals surface area (Å²) >= 11 is 0. The molecule has 1 aromatic rings. The maximum absolute atomic E-state index is 6.14. The van der Waals surface area contributed by atoms with Crippen molar-refractivity contribution < 1.29 is 9.47 Å². The minimum absolute atomic E-state index is 0.154. The number of rotatable bonds is 7. The quantitative estimate of drug-likeness (QED) is 0.806. The molecule has 1 atom stereocenters. The molecule has 1 saturated carbocycles. The smallest absolute Gasteiger partial charge is 0.118 e. The van der Waals surface area contributed by atoms with Gasteiger partial charge < -0.3 is 14.8 Å². The highest BCUT2D eigenvalue weighted by molar-refractivity contribution is 5.28. The Kier molecular flexibility index (Phi) is 5.02. The lowest BCUT2D eigenvalue weighted by Gasteiger charge is -2.31. The first kappa shape index (κ1) is 13.4. The molecule has 0 spiro atoms. The van der Waals surface area contributed by atoms with Gasteiger partial charge in [0, 0.05) is 6.54 Å². The zero-order chi connectivity index (χ0) is 12.8. The predicted molar refractivity (Wildman–Crippen MR) is 73.0 cm³/mol. The fourth-order valence-electron chi connectivity index (χ4n) is 2.08. The van der Waals surface area contributed by atoms with E-state index in [1.807, 2.05) is 12.1 Å². The summed E-state index contributed by atoms with van der Waals surface area (Å²) in [6.45, 7) is 3.97. The van der Waals surface area contributed by atoms with Crippen LogP contribution in [0.5, 0.6) is 5.75 Å². The summed E-state index contributed by atoms with van der Waals surface area (Å²) in [4.78, 5) is 0. The first-order valence-corrected chi connectivity index (χ1v) is 6.83. The van der Waals surface area contributed by atoms with Gasteiger partial charge in [-0.25, -0.2) is 0 Å². The van der Waals surface area contributed by atoms with Gasteiger partial charge in [0.2, 0.25) is 0 Å². The van der Waals surface area contributed by atoms with Crippen LogP contribution in [0.25, 0.3) is 0 Å². The second kappa shape index (κ2) is 6.76. The maximum atomic E-state index is 6.14. The van der Waals surface area contributed by atoms with Crippen molar-refractivity contribution in [3.8, 4) is 5.75 Å². The molecule has 1 N–H and O–H groups in total. The van der Waals surface area contributed by atoms with Crippen molar-refractivity contribution >= 4 is 0 Å². The molecule has 0 bridgehead atoms. The topological polar surface area (TPSA) is 30.5 Å². The van der Waals surface area contributed by atoms with Crippen molar-refractivity contribution in [3.05, 3.63) is 29.8 Å². The van der Waals surface area contributed by atoms with Crippen LogP contribution in [0, 0.1) is 0 Å².